The van der Waals surface area contributed by atoms with Crippen molar-refractivity contribution in [3.05, 3.63) is 34.8 Å². The Bertz CT molecular complexity index is 398. The Hall–Kier alpha value is -0.710. The van der Waals surface area contributed by atoms with E-state index in [1.165, 1.54) is 0 Å². The number of fused-ring (bicyclic) bond motifs is 1. The molecule has 1 heterocycles. The van der Waals surface area contributed by atoms with Crippen molar-refractivity contribution in [1.82, 2.24) is 0 Å². The van der Waals surface area contributed by atoms with Crippen molar-refractivity contribution in [1.29, 1.82) is 0 Å². The third-order valence-corrected chi connectivity index (χ3v) is 3.00. The van der Waals surface area contributed by atoms with Crippen molar-refractivity contribution in [3.8, 4) is 11.5 Å². The van der Waals surface area contributed by atoms with Gasteiger partial charge in [0.2, 0.25) is 6.79 Å². The van der Waals surface area contributed by atoms with Gasteiger partial charge in [-0.3, -0.25) is 0 Å². The summed E-state index contributed by atoms with van der Waals surface area (Å²) in [6.45, 7) is 3.96. The van der Waals surface area contributed by atoms with Gasteiger partial charge in [0.05, 0.1) is 0 Å². The van der Waals surface area contributed by atoms with E-state index in [1.807, 2.05) is 18.2 Å². The number of rotatable bonds is 3. The molecule has 3 nitrogen and oxygen atoms in total. The van der Waals surface area contributed by atoms with E-state index < -0.39 is 0 Å². The highest BCUT2D eigenvalue weighted by molar-refractivity contribution is 9.10. The Balaban J connectivity index is 0.00000128. The van der Waals surface area contributed by atoms with E-state index in [-0.39, 0.29) is 25.2 Å². The molecule has 88 valence electrons. The molecule has 0 saturated carbocycles. The second kappa shape index (κ2) is 5.57. The van der Waals surface area contributed by atoms with Crippen LogP contribution in [0, 0.1) is 0 Å². The summed E-state index contributed by atoms with van der Waals surface area (Å²) >= 11 is 3.47. The Kier molecular flexibility index (Phi) is 4.65. The van der Waals surface area contributed by atoms with Crippen LogP contribution in [0.5, 0.6) is 11.5 Å². The van der Waals surface area contributed by atoms with Gasteiger partial charge in [-0.2, -0.15) is 0 Å². The zero-order valence-electron chi connectivity index (χ0n) is 8.61. The lowest BCUT2D eigenvalue weighted by Gasteiger charge is -2.12. The minimum absolute atomic E-state index is 0. The molecule has 16 heavy (non-hydrogen) atoms. The maximum Gasteiger partial charge on any atom is 0.231 e. The summed E-state index contributed by atoms with van der Waals surface area (Å²) < 4.78 is 11.5. The number of nitrogens with two attached hydrogens (primary N) is 1. The van der Waals surface area contributed by atoms with Crippen LogP contribution in [0.4, 0.5) is 0 Å². The van der Waals surface area contributed by atoms with Crippen molar-refractivity contribution in [2.75, 3.05) is 6.79 Å². The lowest BCUT2D eigenvalue weighted by Crippen LogP contribution is -2.09. The van der Waals surface area contributed by atoms with Gasteiger partial charge in [-0.15, -0.1) is 19.0 Å². The zero-order valence-corrected chi connectivity index (χ0v) is 11.0. The molecule has 0 bridgehead atoms. The second-order valence-corrected chi connectivity index (χ2v) is 4.21. The monoisotopic (exact) mass is 305 g/mol. The molecule has 0 aromatic heterocycles. The Morgan fingerprint density at radius 3 is 2.69 bits per heavy atom. The molecule has 5 heteroatoms. The summed E-state index contributed by atoms with van der Waals surface area (Å²) in [5, 5.41) is 0. The van der Waals surface area contributed by atoms with E-state index >= 15 is 0 Å². The van der Waals surface area contributed by atoms with Gasteiger partial charge in [-0.25, -0.2) is 0 Å². The van der Waals surface area contributed by atoms with Crippen LogP contribution >= 0.6 is 28.3 Å². The molecule has 0 radical (unpaired) electrons. The third kappa shape index (κ3) is 2.51. The quantitative estimate of drug-likeness (QED) is 0.872. The molecule has 0 unspecified atom stereocenters. The van der Waals surface area contributed by atoms with Crippen molar-refractivity contribution in [3.63, 3.8) is 0 Å². The maximum absolute atomic E-state index is 6.00. The van der Waals surface area contributed by atoms with Crippen LogP contribution in [0.15, 0.2) is 29.3 Å². The highest BCUT2D eigenvalue weighted by atomic mass is 79.9. The lowest BCUT2D eigenvalue weighted by atomic mass is 10.0. The van der Waals surface area contributed by atoms with Crippen molar-refractivity contribution >= 4 is 28.3 Å². The molecule has 0 fully saturated rings. The first kappa shape index (κ1) is 13.4. The fourth-order valence-electron chi connectivity index (χ4n) is 1.52. The molecule has 1 atom stereocenters. The Morgan fingerprint density at radius 2 is 2.06 bits per heavy atom. The molecule has 1 aliphatic heterocycles. The van der Waals surface area contributed by atoms with Gasteiger partial charge in [-0.05, 0) is 24.1 Å². The van der Waals surface area contributed by atoms with E-state index in [4.69, 9.17) is 15.2 Å². The van der Waals surface area contributed by atoms with Gasteiger partial charge in [0.25, 0.3) is 0 Å². The summed E-state index contributed by atoms with van der Waals surface area (Å²) in [4.78, 5) is 0. The smallest absolute Gasteiger partial charge is 0.231 e. The minimum atomic E-state index is -0.0635. The Morgan fingerprint density at radius 1 is 1.44 bits per heavy atom. The minimum Gasteiger partial charge on any atom is -0.454 e. The summed E-state index contributed by atoms with van der Waals surface area (Å²) in [6, 6.07) is 3.74. The predicted molar refractivity (Wildman–Crippen MR) is 69.3 cm³/mol. The molecule has 0 aliphatic carbocycles. The molecular formula is C11H13BrClNO2. The van der Waals surface area contributed by atoms with Crippen LogP contribution in [0.1, 0.15) is 18.0 Å². The Labute approximate surface area is 109 Å². The van der Waals surface area contributed by atoms with Crippen LogP contribution in [-0.4, -0.2) is 6.79 Å². The van der Waals surface area contributed by atoms with Crippen LogP contribution < -0.4 is 15.2 Å². The van der Waals surface area contributed by atoms with Gasteiger partial charge < -0.3 is 15.2 Å². The van der Waals surface area contributed by atoms with Crippen molar-refractivity contribution in [2.45, 2.75) is 12.5 Å². The second-order valence-electron chi connectivity index (χ2n) is 3.36. The molecule has 2 N–H and O–H groups in total. The largest absolute Gasteiger partial charge is 0.454 e. The zero-order chi connectivity index (χ0) is 10.8. The van der Waals surface area contributed by atoms with E-state index in [9.17, 15) is 0 Å². The van der Waals surface area contributed by atoms with Gasteiger partial charge in [-0.1, -0.05) is 22.0 Å². The molecule has 0 saturated heterocycles. The number of hydrogen-bond acceptors (Lipinski definition) is 3. The standard InChI is InChI=1S/C11H12BrNO2.ClH/c1-2-3-9(13)7-4-10-11(5-8(7)12)15-6-14-10;/h2,4-5,9H,1,3,6,13H2;1H/t9-;/m1./s1. The molecule has 1 aromatic carbocycles. The average molecular weight is 307 g/mol. The van der Waals surface area contributed by atoms with Crippen LogP contribution in [0.3, 0.4) is 0 Å². The van der Waals surface area contributed by atoms with Gasteiger partial charge in [0, 0.05) is 10.5 Å². The lowest BCUT2D eigenvalue weighted by molar-refractivity contribution is 0.174. The molecule has 0 spiro atoms. The summed E-state index contributed by atoms with van der Waals surface area (Å²) in [5.41, 5.74) is 7.02. The highest BCUT2D eigenvalue weighted by Crippen LogP contribution is 2.39. The van der Waals surface area contributed by atoms with Crippen LogP contribution in [0.2, 0.25) is 0 Å². The first-order chi connectivity index (χ1) is 7.22. The molecule has 1 aliphatic rings. The fourth-order valence-corrected chi connectivity index (χ4v) is 2.14. The number of hydrogen-bond donors (Lipinski definition) is 1. The fraction of sp³-hybridized carbons (Fsp3) is 0.273. The topological polar surface area (TPSA) is 44.5 Å². The maximum atomic E-state index is 6.00. The van der Waals surface area contributed by atoms with Crippen LogP contribution in [-0.2, 0) is 0 Å². The predicted octanol–water partition coefficient (Wildman–Crippen LogP) is 3.18. The van der Waals surface area contributed by atoms with E-state index in [1.54, 1.807) is 0 Å². The van der Waals surface area contributed by atoms with E-state index in [0.717, 1.165) is 28.0 Å². The number of halogens is 2. The number of ether oxygens (including phenoxy) is 2. The SMILES string of the molecule is C=CC[C@@H](N)c1cc2c(cc1Br)OCO2.Cl. The van der Waals surface area contributed by atoms with Crippen molar-refractivity contribution in [2.24, 2.45) is 5.73 Å². The third-order valence-electron chi connectivity index (χ3n) is 2.31. The average Bonchev–Trinajstić information content (AvgIpc) is 2.63. The highest BCUT2D eigenvalue weighted by Gasteiger charge is 2.18. The molecular weight excluding hydrogens is 293 g/mol. The first-order valence-electron chi connectivity index (χ1n) is 4.68. The first-order valence-corrected chi connectivity index (χ1v) is 5.47. The van der Waals surface area contributed by atoms with Crippen LogP contribution in [0.25, 0.3) is 0 Å². The van der Waals surface area contributed by atoms with E-state index in [0.29, 0.717) is 0 Å². The number of benzene rings is 1. The van der Waals surface area contributed by atoms with E-state index in [2.05, 4.69) is 22.5 Å². The van der Waals surface area contributed by atoms with Crippen molar-refractivity contribution < 1.29 is 9.47 Å². The summed E-state index contributed by atoms with van der Waals surface area (Å²) in [7, 11) is 0. The normalized spacial score (nSPS) is 14.1. The molecule has 0 amide bonds. The van der Waals surface area contributed by atoms with Gasteiger partial charge in [0.15, 0.2) is 11.5 Å². The summed E-state index contributed by atoms with van der Waals surface area (Å²) in [5.74, 6) is 1.52. The molecule has 1 aromatic rings. The molecule has 2 rings (SSSR count). The van der Waals surface area contributed by atoms with Gasteiger partial charge in [0.1, 0.15) is 0 Å². The van der Waals surface area contributed by atoms with Gasteiger partial charge >= 0.3 is 0 Å². The summed E-state index contributed by atoms with van der Waals surface area (Å²) in [6.07, 6.45) is 2.54.